The quantitative estimate of drug-likeness (QED) is 0.500. The molecule has 0 nitrogen and oxygen atoms in total. The van der Waals surface area contributed by atoms with Crippen molar-refractivity contribution in [3.05, 3.63) is 35.4 Å². The largest absolute Gasteiger partial charge is 0.0683 e. The van der Waals surface area contributed by atoms with Crippen LogP contribution in [0, 0.1) is 11.8 Å². The molecule has 146 valence electrons. The molecule has 1 rings (SSSR count). The summed E-state index contributed by atoms with van der Waals surface area (Å²) >= 11 is 0. The molecular formula is C24H50. The second kappa shape index (κ2) is 18.6. The molecule has 0 bridgehead atoms. The van der Waals surface area contributed by atoms with E-state index in [9.17, 15) is 0 Å². The summed E-state index contributed by atoms with van der Waals surface area (Å²) < 4.78 is 0. The first-order valence-corrected chi connectivity index (χ1v) is 10.3. The van der Waals surface area contributed by atoms with Gasteiger partial charge in [0, 0.05) is 1.43 Å². The molecule has 0 atom stereocenters. The van der Waals surface area contributed by atoms with E-state index in [-0.39, 0.29) is 1.43 Å². The number of hydrogen-bond donors (Lipinski definition) is 0. The summed E-state index contributed by atoms with van der Waals surface area (Å²) in [5.41, 5.74) is 2.99. The molecule has 0 aliphatic carbocycles. The molecule has 0 saturated heterocycles. The maximum Gasteiger partial charge on any atom is 0 e. The molecule has 24 heavy (non-hydrogen) atoms. The van der Waals surface area contributed by atoms with Gasteiger partial charge in [0.15, 0.2) is 0 Å². The number of rotatable bonds is 5. The highest BCUT2D eigenvalue weighted by atomic mass is 14.1. The van der Waals surface area contributed by atoms with E-state index in [2.05, 4.69) is 79.7 Å². The minimum atomic E-state index is 0. The van der Waals surface area contributed by atoms with Crippen molar-refractivity contribution in [1.82, 2.24) is 0 Å². The molecule has 0 fully saturated rings. The SMILES string of the molecule is CC.CC.CC(C)CCC(C)C.CC(C)c1ccccc1C(C)C.[3HH]. The van der Waals surface area contributed by atoms with Crippen LogP contribution < -0.4 is 0 Å². The Morgan fingerprint density at radius 1 is 0.583 bits per heavy atom. The number of hydrogen-bond acceptors (Lipinski definition) is 0. The van der Waals surface area contributed by atoms with E-state index in [0.717, 1.165) is 11.8 Å². The lowest BCUT2D eigenvalue weighted by Crippen LogP contribution is -1.97. The van der Waals surface area contributed by atoms with E-state index >= 15 is 0 Å². The summed E-state index contributed by atoms with van der Waals surface area (Å²) in [7, 11) is 0. The maximum atomic E-state index is 2.28. The lowest BCUT2D eigenvalue weighted by Gasteiger charge is -2.14. The van der Waals surface area contributed by atoms with Crippen LogP contribution in [-0.4, -0.2) is 0 Å². The van der Waals surface area contributed by atoms with E-state index in [1.807, 2.05) is 27.7 Å². The van der Waals surface area contributed by atoms with Gasteiger partial charge in [0.05, 0.1) is 0 Å². The molecule has 0 aromatic heterocycles. The Morgan fingerprint density at radius 2 is 0.833 bits per heavy atom. The van der Waals surface area contributed by atoms with Crippen LogP contribution in [-0.2, 0) is 0 Å². The lowest BCUT2D eigenvalue weighted by molar-refractivity contribution is 0.476. The van der Waals surface area contributed by atoms with Crippen molar-refractivity contribution in [1.29, 1.82) is 0 Å². The smallest absolute Gasteiger partial charge is 0 e. The van der Waals surface area contributed by atoms with Crippen LogP contribution >= 0.6 is 0 Å². The lowest BCUT2D eigenvalue weighted by atomic mass is 9.91. The summed E-state index contributed by atoms with van der Waals surface area (Å²) in [6.45, 7) is 26.1. The van der Waals surface area contributed by atoms with Crippen molar-refractivity contribution >= 4 is 0 Å². The normalized spacial score (nSPS) is 9.83. The van der Waals surface area contributed by atoms with Gasteiger partial charge in [0.2, 0.25) is 0 Å². The summed E-state index contributed by atoms with van der Waals surface area (Å²) in [6.07, 6.45) is 2.77. The molecule has 1 aromatic carbocycles. The van der Waals surface area contributed by atoms with Gasteiger partial charge in [-0.15, -0.1) is 0 Å². The molecule has 1 aromatic rings. The van der Waals surface area contributed by atoms with Crippen molar-refractivity contribution in [2.75, 3.05) is 0 Å². The van der Waals surface area contributed by atoms with E-state index in [0.29, 0.717) is 11.8 Å². The third kappa shape index (κ3) is 16.1. The fourth-order valence-corrected chi connectivity index (χ4v) is 2.23. The van der Waals surface area contributed by atoms with Gasteiger partial charge in [-0.2, -0.15) is 0 Å². The molecule has 0 aliphatic heterocycles. The van der Waals surface area contributed by atoms with Gasteiger partial charge in [-0.1, -0.05) is 120 Å². The zero-order chi connectivity index (χ0) is 19.7. The Hall–Kier alpha value is -0.780. The Kier molecular flexibility index (Phi) is 21.7. The van der Waals surface area contributed by atoms with Crippen LogP contribution in [0.25, 0.3) is 0 Å². The van der Waals surface area contributed by atoms with E-state index < -0.39 is 0 Å². The van der Waals surface area contributed by atoms with Crippen molar-refractivity contribution in [2.45, 2.75) is 108 Å². The summed E-state index contributed by atoms with van der Waals surface area (Å²) in [4.78, 5) is 0. The molecule has 0 saturated carbocycles. The highest BCUT2D eigenvalue weighted by molar-refractivity contribution is 5.31. The molecule has 0 aliphatic rings. The minimum Gasteiger partial charge on any atom is -0.0683 e. The molecular weight excluding hydrogens is 288 g/mol. The summed E-state index contributed by atoms with van der Waals surface area (Å²) in [5.74, 6) is 3.06. The highest BCUT2D eigenvalue weighted by Crippen LogP contribution is 2.25. The Balaban J connectivity index is -0.000000149. The second-order valence-electron chi connectivity index (χ2n) is 7.30. The first-order chi connectivity index (χ1) is 11.3. The zero-order valence-electron chi connectivity index (χ0n) is 19.0. The van der Waals surface area contributed by atoms with Crippen LogP contribution in [0.2, 0.25) is 0 Å². The standard InChI is InChI=1S/C12H18.C8H18.2C2H6.H2/c1-9(2)11-7-5-6-8-12(11)10(3)4;1-7(2)5-6-8(3)4;2*1-2;/h5-10H,1-4H3;7-8H,5-6H2,1-4H3;2*1-2H3;1H/i;;;;1+2. The predicted molar refractivity (Wildman–Crippen MR) is 118 cm³/mol. The van der Waals surface area contributed by atoms with Gasteiger partial charge >= 0.3 is 0 Å². The summed E-state index contributed by atoms with van der Waals surface area (Å²) in [5, 5.41) is 0. The van der Waals surface area contributed by atoms with Crippen LogP contribution in [0.1, 0.15) is 120 Å². The monoisotopic (exact) mass is 340 g/mol. The number of benzene rings is 1. The van der Waals surface area contributed by atoms with E-state index in [1.54, 1.807) is 0 Å². The first kappa shape index (κ1) is 28.0. The van der Waals surface area contributed by atoms with Crippen molar-refractivity contribution in [3.8, 4) is 0 Å². The van der Waals surface area contributed by atoms with Gasteiger partial charge < -0.3 is 0 Å². The molecule has 0 heteroatoms. The predicted octanol–water partition coefficient (Wildman–Crippen LogP) is 9.31. The zero-order valence-corrected chi connectivity index (χ0v) is 19.0. The molecule has 0 amide bonds. The first-order valence-electron chi connectivity index (χ1n) is 10.3. The van der Waals surface area contributed by atoms with Crippen molar-refractivity contribution < 1.29 is 1.43 Å². The Labute approximate surface area is 157 Å². The Bertz CT molecular complexity index is 316. The average Bonchev–Trinajstić information content (AvgIpc) is 2.57. The van der Waals surface area contributed by atoms with Crippen LogP contribution in [0.4, 0.5) is 0 Å². The molecule has 0 spiro atoms. The van der Waals surface area contributed by atoms with Gasteiger partial charge in [-0.3, -0.25) is 0 Å². The molecule has 0 heterocycles. The molecule has 0 N–H and O–H groups in total. The third-order valence-electron chi connectivity index (χ3n) is 3.56. The van der Waals surface area contributed by atoms with E-state index in [4.69, 9.17) is 0 Å². The minimum absolute atomic E-state index is 0. The van der Waals surface area contributed by atoms with Crippen molar-refractivity contribution in [3.63, 3.8) is 0 Å². The van der Waals surface area contributed by atoms with E-state index in [1.165, 1.54) is 24.0 Å². The average molecular weight is 341 g/mol. The fraction of sp³-hybridized carbons (Fsp3) is 0.750. The molecule has 0 radical (unpaired) electrons. The second-order valence-corrected chi connectivity index (χ2v) is 7.30. The van der Waals surface area contributed by atoms with Gasteiger partial charge in [0.1, 0.15) is 0 Å². The fourth-order valence-electron chi connectivity index (χ4n) is 2.23. The highest BCUT2D eigenvalue weighted by Gasteiger charge is 2.07. The molecule has 0 unspecified atom stereocenters. The van der Waals surface area contributed by atoms with Crippen LogP contribution in [0.3, 0.4) is 0 Å². The third-order valence-corrected chi connectivity index (χ3v) is 3.56. The van der Waals surface area contributed by atoms with Crippen LogP contribution in [0.5, 0.6) is 0 Å². The van der Waals surface area contributed by atoms with Crippen LogP contribution in [0.15, 0.2) is 24.3 Å². The van der Waals surface area contributed by atoms with Gasteiger partial charge in [-0.25, -0.2) is 0 Å². The maximum absolute atomic E-state index is 2.28. The summed E-state index contributed by atoms with van der Waals surface area (Å²) in [6, 6.07) is 8.72. The van der Waals surface area contributed by atoms with Gasteiger partial charge in [-0.05, 0) is 34.8 Å². The van der Waals surface area contributed by atoms with Gasteiger partial charge in [0.25, 0.3) is 0 Å². The topological polar surface area (TPSA) is 0 Å². The Morgan fingerprint density at radius 3 is 1.00 bits per heavy atom. The van der Waals surface area contributed by atoms with Crippen molar-refractivity contribution in [2.24, 2.45) is 11.8 Å².